The summed E-state index contributed by atoms with van der Waals surface area (Å²) in [5.74, 6) is -0.0456. The summed E-state index contributed by atoms with van der Waals surface area (Å²) in [6.45, 7) is -0.540. The lowest BCUT2D eigenvalue weighted by Crippen LogP contribution is -2.13. The van der Waals surface area contributed by atoms with E-state index in [1.165, 1.54) is 0 Å². The smallest absolute Gasteiger partial charge is 0.392 e. The van der Waals surface area contributed by atoms with Crippen molar-refractivity contribution >= 4 is 11.0 Å². The average molecular weight is 255 g/mol. The van der Waals surface area contributed by atoms with Gasteiger partial charge in [0.25, 0.3) is 0 Å². The number of halogens is 3. The van der Waals surface area contributed by atoms with Gasteiger partial charge < -0.3 is 9.15 Å². The molecule has 1 heterocycles. The van der Waals surface area contributed by atoms with Crippen LogP contribution >= 0.6 is 0 Å². The number of furan rings is 1. The molecule has 0 amide bonds. The van der Waals surface area contributed by atoms with Crippen LogP contribution in [-0.4, -0.2) is 12.8 Å². The van der Waals surface area contributed by atoms with Crippen molar-refractivity contribution in [2.45, 2.75) is 12.6 Å². The SMILES string of the molecule is N#Cc1oc2ccccc2c1OCCC(F)(F)F. The van der Waals surface area contributed by atoms with Gasteiger partial charge in [-0.05, 0) is 12.1 Å². The van der Waals surface area contributed by atoms with Crippen LogP contribution in [0.2, 0.25) is 0 Å². The molecular formula is C12H8F3NO2. The van der Waals surface area contributed by atoms with Gasteiger partial charge in [0.05, 0.1) is 18.4 Å². The van der Waals surface area contributed by atoms with Gasteiger partial charge >= 0.3 is 6.18 Å². The van der Waals surface area contributed by atoms with E-state index in [2.05, 4.69) is 0 Å². The van der Waals surface area contributed by atoms with Crippen LogP contribution < -0.4 is 4.74 Å². The zero-order valence-electron chi connectivity index (χ0n) is 9.12. The Balaban J connectivity index is 2.24. The normalized spacial score (nSPS) is 11.4. The van der Waals surface area contributed by atoms with Crippen molar-refractivity contribution in [2.24, 2.45) is 0 Å². The fourth-order valence-corrected chi connectivity index (χ4v) is 1.51. The second-order valence-corrected chi connectivity index (χ2v) is 3.58. The predicted octanol–water partition coefficient (Wildman–Crippen LogP) is 3.64. The topological polar surface area (TPSA) is 46.2 Å². The Morgan fingerprint density at radius 2 is 2.00 bits per heavy atom. The van der Waals surface area contributed by atoms with Crippen LogP contribution in [0.3, 0.4) is 0 Å². The highest BCUT2D eigenvalue weighted by molar-refractivity contribution is 5.86. The van der Waals surface area contributed by atoms with E-state index in [4.69, 9.17) is 14.4 Å². The van der Waals surface area contributed by atoms with Crippen LogP contribution in [0.25, 0.3) is 11.0 Å². The van der Waals surface area contributed by atoms with Gasteiger partial charge in [-0.25, -0.2) is 0 Å². The molecule has 0 aliphatic carbocycles. The first-order chi connectivity index (χ1) is 8.51. The molecular weight excluding hydrogens is 247 g/mol. The molecule has 2 rings (SSSR count). The van der Waals surface area contributed by atoms with E-state index >= 15 is 0 Å². The van der Waals surface area contributed by atoms with Crippen molar-refractivity contribution in [1.82, 2.24) is 0 Å². The quantitative estimate of drug-likeness (QED) is 0.841. The number of benzene rings is 1. The summed E-state index contributed by atoms with van der Waals surface area (Å²) in [6, 6.07) is 8.40. The molecule has 1 aromatic heterocycles. The Labute approximate surface area is 100 Å². The number of para-hydroxylation sites is 1. The van der Waals surface area contributed by atoms with Crippen molar-refractivity contribution in [3.63, 3.8) is 0 Å². The van der Waals surface area contributed by atoms with E-state index in [9.17, 15) is 13.2 Å². The molecule has 0 fully saturated rings. The molecule has 0 saturated carbocycles. The third-order valence-electron chi connectivity index (χ3n) is 2.28. The molecule has 6 heteroatoms. The number of alkyl halides is 3. The predicted molar refractivity (Wildman–Crippen MR) is 57.1 cm³/mol. The number of fused-ring (bicyclic) bond motifs is 1. The third kappa shape index (κ3) is 2.56. The molecule has 0 bridgehead atoms. The maximum absolute atomic E-state index is 12.0. The maximum atomic E-state index is 12.0. The maximum Gasteiger partial charge on any atom is 0.392 e. The number of rotatable bonds is 3. The van der Waals surface area contributed by atoms with Crippen molar-refractivity contribution in [3.05, 3.63) is 30.0 Å². The molecule has 3 nitrogen and oxygen atoms in total. The molecule has 0 aliphatic rings. The van der Waals surface area contributed by atoms with Crippen LogP contribution in [0.4, 0.5) is 13.2 Å². The standard InChI is InChI=1S/C12H8F3NO2/c13-12(14,15)5-6-17-11-8-3-1-2-4-9(8)18-10(11)7-16/h1-4H,5-6H2. The second-order valence-electron chi connectivity index (χ2n) is 3.58. The molecule has 0 unspecified atom stereocenters. The number of nitrogens with zero attached hydrogens (tertiary/aromatic N) is 1. The zero-order chi connectivity index (χ0) is 13.2. The largest absolute Gasteiger partial charge is 0.488 e. The van der Waals surface area contributed by atoms with Gasteiger partial charge in [-0.3, -0.25) is 0 Å². The highest BCUT2D eigenvalue weighted by Crippen LogP contribution is 2.33. The van der Waals surface area contributed by atoms with E-state index in [0.29, 0.717) is 11.0 Å². The van der Waals surface area contributed by atoms with Crippen LogP contribution in [-0.2, 0) is 0 Å². The summed E-state index contributed by atoms with van der Waals surface area (Å²) in [4.78, 5) is 0. The third-order valence-corrected chi connectivity index (χ3v) is 2.28. The molecule has 0 saturated heterocycles. The first-order valence-corrected chi connectivity index (χ1v) is 5.12. The Bertz CT molecular complexity index is 595. The lowest BCUT2D eigenvalue weighted by Gasteiger charge is -2.07. The molecule has 2 aromatic rings. The minimum atomic E-state index is -4.29. The van der Waals surface area contributed by atoms with E-state index in [1.807, 2.05) is 0 Å². The van der Waals surface area contributed by atoms with Crippen molar-refractivity contribution in [2.75, 3.05) is 6.61 Å². The Morgan fingerprint density at radius 1 is 1.28 bits per heavy atom. The molecule has 0 spiro atoms. The summed E-state index contributed by atoms with van der Waals surface area (Å²) in [5.41, 5.74) is 0.413. The number of ether oxygens (including phenoxy) is 1. The highest BCUT2D eigenvalue weighted by Gasteiger charge is 2.27. The summed E-state index contributed by atoms with van der Waals surface area (Å²) in [7, 11) is 0. The molecule has 0 atom stereocenters. The summed E-state index contributed by atoms with van der Waals surface area (Å²) >= 11 is 0. The summed E-state index contributed by atoms with van der Waals surface area (Å²) < 4.78 is 46.2. The number of hydrogen-bond acceptors (Lipinski definition) is 3. The van der Waals surface area contributed by atoms with Crippen molar-refractivity contribution < 1.29 is 22.3 Å². The lowest BCUT2D eigenvalue weighted by molar-refractivity contribution is -0.139. The summed E-state index contributed by atoms with van der Waals surface area (Å²) in [5, 5.41) is 9.33. The van der Waals surface area contributed by atoms with Gasteiger partial charge in [0.1, 0.15) is 11.7 Å². The minimum Gasteiger partial charge on any atom is -0.488 e. The van der Waals surface area contributed by atoms with Gasteiger partial charge in [0, 0.05) is 0 Å². The van der Waals surface area contributed by atoms with E-state index in [1.54, 1.807) is 30.3 Å². The molecule has 0 radical (unpaired) electrons. The molecule has 94 valence electrons. The summed E-state index contributed by atoms with van der Waals surface area (Å²) in [6.07, 6.45) is -5.36. The highest BCUT2D eigenvalue weighted by atomic mass is 19.4. The molecule has 0 N–H and O–H groups in total. The molecule has 0 aliphatic heterocycles. The van der Waals surface area contributed by atoms with Gasteiger partial charge in [-0.1, -0.05) is 12.1 Å². The first kappa shape index (κ1) is 12.3. The van der Waals surface area contributed by atoms with Gasteiger partial charge in [-0.2, -0.15) is 18.4 Å². The van der Waals surface area contributed by atoms with Crippen LogP contribution in [0.1, 0.15) is 12.2 Å². The lowest BCUT2D eigenvalue weighted by atomic mass is 10.2. The van der Waals surface area contributed by atoms with Crippen LogP contribution in [0.5, 0.6) is 5.75 Å². The number of hydrogen-bond donors (Lipinski definition) is 0. The monoisotopic (exact) mass is 255 g/mol. The van der Waals surface area contributed by atoms with Crippen molar-refractivity contribution in [1.29, 1.82) is 5.26 Å². The van der Waals surface area contributed by atoms with Gasteiger partial charge in [0.2, 0.25) is 5.76 Å². The van der Waals surface area contributed by atoms with Gasteiger partial charge in [0.15, 0.2) is 5.75 Å². The average Bonchev–Trinajstić information content (AvgIpc) is 2.66. The fraction of sp³-hybridized carbons (Fsp3) is 0.250. The van der Waals surface area contributed by atoms with Crippen LogP contribution in [0.15, 0.2) is 28.7 Å². The fourth-order valence-electron chi connectivity index (χ4n) is 1.51. The molecule has 18 heavy (non-hydrogen) atoms. The Hall–Kier alpha value is -2.16. The number of nitriles is 1. The van der Waals surface area contributed by atoms with E-state index in [0.717, 1.165) is 0 Å². The van der Waals surface area contributed by atoms with Crippen LogP contribution in [0, 0.1) is 11.3 Å². The first-order valence-electron chi connectivity index (χ1n) is 5.12. The zero-order valence-corrected chi connectivity index (χ0v) is 9.12. The van der Waals surface area contributed by atoms with E-state index < -0.39 is 19.2 Å². The molecule has 1 aromatic carbocycles. The minimum absolute atomic E-state index is 0.0670. The second kappa shape index (κ2) is 4.61. The Morgan fingerprint density at radius 3 is 2.67 bits per heavy atom. The Kier molecular flexibility index (Phi) is 3.15. The van der Waals surface area contributed by atoms with E-state index in [-0.39, 0.29) is 11.5 Å². The van der Waals surface area contributed by atoms with Crippen molar-refractivity contribution in [3.8, 4) is 11.8 Å². The van der Waals surface area contributed by atoms with Gasteiger partial charge in [-0.15, -0.1) is 0 Å².